The Labute approximate surface area is 204 Å². The van der Waals surface area contributed by atoms with Crippen LogP contribution < -0.4 is 15.4 Å². The topological polar surface area (TPSA) is 74.9 Å². The van der Waals surface area contributed by atoms with E-state index in [9.17, 15) is 0 Å². The fourth-order valence-electron chi connectivity index (χ4n) is 3.07. The van der Waals surface area contributed by atoms with Crippen molar-refractivity contribution >= 4 is 29.9 Å². The summed E-state index contributed by atoms with van der Waals surface area (Å²) in [6.07, 6.45) is 2.13. The molecule has 0 bridgehead atoms. The van der Waals surface area contributed by atoms with Crippen molar-refractivity contribution in [2.45, 2.75) is 52.6 Å². The van der Waals surface area contributed by atoms with E-state index in [1.807, 2.05) is 38.4 Å². The van der Waals surface area contributed by atoms with Crippen molar-refractivity contribution in [3.63, 3.8) is 0 Å². The molecule has 0 saturated heterocycles. The molecule has 1 aromatic carbocycles. The molecule has 0 radical (unpaired) electrons. The van der Waals surface area contributed by atoms with Crippen molar-refractivity contribution in [2.75, 3.05) is 33.8 Å². The Morgan fingerprint density at radius 1 is 1.16 bits per heavy atom. The van der Waals surface area contributed by atoms with Gasteiger partial charge in [-0.3, -0.25) is 0 Å². The van der Waals surface area contributed by atoms with Crippen LogP contribution in [0, 0.1) is 0 Å². The van der Waals surface area contributed by atoms with E-state index in [1.54, 1.807) is 0 Å². The monoisotopic (exact) mass is 543 g/mol. The standard InChI is InChI=1S/C23H37N5O2.HI/c1-6-19(7-2)22-15-21(30-27-22)17-26-23(24-8-3)25-16-18-10-9-11-20(14-18)29-13-12-28(4)5;/h9-11,14-15,19H,6-8,12-13,16-17H2,1-5H3,(H2,24,25,26);1H. The second-order valence-electron chi connectivity index (χ2n) is 7.58. The summed E-state index contributed by atoms with van der Waals surface area (Å²) < 4.78 is 11.3. The third-order valence-electron chi connectivity index (χ3n) is 4.88. The molecular formula is C23H38IN5O2. The van der Waals surface area contributed by atoms with Gasteiger partial charge >= 0.3 is 0 Å². The number of hydrogen-bond donors (Lipinski definition) is 2. The number of nitrogens with zero attached hydrogens (tertiary/aromatic N) is 3. The first-order chi connectivity index (χ1) is 14.5. The molecule has 0 unspecified atom stereocenters. The van der Waals surface area contributed by atoms with Crippen molar-refractivity contribution in [3.05, 3.63) is 47.3 Å². The van der Waals surface area contributed by atoms with Gasteiger partial charge in [-0.15, -0.1) is 24.0 Å². The zero-order chi connectivity index (χ0) is 21.8. The summed E-state index contributed by atoms with van der Waals surface area (Å²) in [6, 6.07) is 10.1. The predicted octanol–water partition coefficient (Wildman–Crippen LogP) is 4.39. The van der Waals surface area contributed by atoms with Gasteiger partial charge in [0, 0.05) is 25.1 Å². The zero-order valence-corrected chi connectivity index (χ0v) is 21.8. The van der Waals surface area contributed by atoms with Crippen LogP contribution in [0.3, 0.4) is 0 Å². The lowest BCUT2D eigenvalue weighted by Gasteiger charge is -2.12. The number of hydrogen-bond acceptors (Lipinski definition) is 5. The molecule has 0 aliphatic carbocycles. The van der Waals surface area contributed by atoms with Gasteiger partial charge in [0.25, 0.3) is 0 Å². The second-order valence-corrected chi connectivity index (χ2v) is 7.58. The van der Waals surface area contributed by atoms with Crippen molar-refractivity contribution in [1.29, 1.82) is 0 Å². The first kappa shape index (κ1) is 27.2. The lowest BCUT2D eigenvalue weighted by atomic mass is 9.99. The minimum atomic E-state index is 0. The first-order valence-corrected chi connectivity index (χ1v) is 10.9. The molecule has 2 rings (SSSR count). The Bertz CT molecular complexity index is 775. The number of likely N-dealkylation sites (N-methyl/N-ethyl adjacent to an activating group) is 1. The Hall–Kier alpha value is -1.81. The number of ether oxygens (including phenoxy) is 1. The molecule has 0 aliphatic heterocycles. The smallest absolute Gasteiger partial charge is 0.191 e. The zero-order valence-electron chi connectivity index (χ0n) is 19.5. The van der Waals surface area contributed by atoms with Gasteiger partial charge < -0.3 is 24.8 Å². The van der Waals surface area contributed by atoms with Gasteiger partial charge in [0.2, 0.25) is 0 Å². The van der Waals surface area contributed by atoms with Crippen LogP contribution in [0.2, 0.25) is 0 Å². The fourth-order valence-corrected chi connectivity index (χ4v) is 3.07. The summed E-state index contributed by atoms with van der Waals surface area (Å²) in [4.78, 5) is 6.79. The molecule has 174 valence electrons. The SMILES string of the molecule is CCNC(=NCc1cccc(OCCN(C)C)c1)NCc1cc(C(CC)CC)no1.I. The van der Waals surface area contributed by atoms with E-state index in [0.29, 0.717) is 25.6 Å². The maximum Gasteiger partial charge on any atom is 0.191 e. The third kappa shape index (κ3) is 9.90. The first-order valence-electron chi connectivity index (χ1n) is 10.9. The van der Waals surface area contributed by atoms with Crippen molar-refractivity contribution in [2.24, 2.45) is 4.99 Å². The van der Waals surface area contributed by atoms with Crippen LogP contribution in [0.4, 0.5) is 0 Å². The summed E-state index contributed by atoms with van der Waals surface area (Å²) in [6.45, 7) is 9.86. The summed E-state index contributed by atoms with van der Waals surface area (Å²) >= 11 is 0. The van der Waals surface area contributed by atoms with Gasteiger partial charge in [-0.2, -0.15) is 0 Å². The van der Waals surface area contributed by atoms with Crippen LogP contribution >= 0.6 is 24.0 Å². The molecule has 1 aromatic heterocycles. The molecule has 0 spiro atoms. The molecule has 0 fully saturated rings. The van der Waals surface area contributed by atoms with Crippen molar-refractivity contribution in [3.8, 4) is 5.75 Å². The van der Waals surface area contributed by atoms with Crippen LogP contribution in [0.15, 0.2) is 39.8 Å². The average molecular weight is 543 g/mol. The average Bonchev–Trinajstić information content (AvgIpc) is 3.20. The number of rotatable bonds is 12. The van der Waals surface area contributed by atoms with E-state index in [-0.39, 0.29) is 24.0 Å². The number of guanidine groups is 1. The van der Waals surface area contributed by atoms with Gasteiger partial charge in [0.15, 0.2) is 11.7 Å². The van der Waals surface area contributed by atoms with Crippen LogP contribution in [-0.4, -0.2) is 49.8 Å². The minimum absolute atomic E-state index is 0. The molecule has 31 heavy (non-hydrogen) atoms. The van der Waals surface area contributed by atoms with E-state index in [4.69, 9.17) is 14.3 Å². The van der Waals surface area contributed by atoms with Crippen LogP contribution in [-0.2, 0) is 13.1 Å². The Morgan fingerprint density at radius 3 is 2.61 bits per heavy atom. The van der Waals surface area contributed by atoms with Crippen LogP contribution in [0.25, 0.3) is 0 Å². The minimum Gasteiger partial charge on any atom is -0.492 e. The molecule has 8 heteroatoms. The molecule has 0 atom stereocenters. The van der Waals surface area contributed by atoms with E-state index in [0.717, 1.165) is 54.7 Å². The van der Waals surface area contributed by atoms with Gasteiger partial charge in [-0.05, 0) is 51.6 Å². The number of aliphatic imine (C=N–C) groups is 1. The highest BCUT2D eigenvalue weighted by Crippen LogP contribution is 2.22. The largest absolute Gasteiger partial charge is 0.492 e. The van der Waals surface area contributed by atoms with E-state index >= 15 is 0 Å². The van der Waals surface area contributed by atoms with E-state index in [2.05, 4.69) is 47.5 Å². The quantitative estimate of drug-likeness (QED) is 0.235. The lowest BCUT2D eigenvalue weighted by Crippen LogP contribution is -2.36. The van der Waals surface area contributed by atoms with Gasteiger partial charge in [0.05, 0.1) is 18.8 Å². The van der Waals surface area contributed by atoms with Crippen LogP contribution in [0.1, 0.15) is 56.5 Å². The molecule has 7 nitrogen and oxygen atoms in total. The maximum atomic E-state index is 5.82. The number of nitrogens with one attached hydrogen (secondary N) is 2. The Balaban J connectivity index is 0.00000480. The number of halogens is 1. The molecule has 0 saturated carbocycles. The summed E-state index contributed by atoms with van der Waals surface area (Å²) in [5, 5.41) is 10.8. The molecule has 0 aliphatic rings. The van der Waals surface area contributed by atoms with Gasteiger partial charge in [-0.25, -0.2) is 4.99 Å². The highest BCUT2D eigenvalue weighted by Gasteiger charge is 2.13. The highest BCUT2D eigenvalue weighted by atomic mass is 127. The maximum absolute atomic E-state index is 5.82. The molecule has 0 amide bonds. The predicted molar refractivity (Wildman–Crippen MR) is 137 cm³/mol. The normalized spacial score (nSPS) is 11.5. The Morgan fingerprint density at radius 2 is 1.94 bits per heavy atom. The fraction of sp³-hybridized carbons (Fsp3) is 0.565. The lowest BCUT2D eigenvalue weighted by molar-refractivity contribution is 0.261. The van der Waals surface area contributed by atoms with Gasteiger partial charge in [-0.1, -0.05) is 31.1 Å². The van der Waals surface area contributed by atoms with Crippen molar-refractivity contribution < 1.29 is 9.26 Å². The van der Waals surface area contributed by atoms with Crippen LogP contribution in [0.5, 0.6) is 5.75 Å². The summed E-state index contributed by atoms with van der Waals surface area (Å²) in [5.74, 6) is 2.89. The summed E-state index contributed by atoms with van der Waals surface area (Å²) in [7, 11) is 4.07. The number of aromatic nitrogens is 1. The molecule has 1 heterocycles. The highest BCUT2D eigenvalue weighted by molar-refractivity contribution is 14.0. The van der Waals surface area contributed by atoms with Gasteiger partial charge in [0.1, 0.15) is 12.4 Å². The second kappa shape index (κ2) is 15.1. The molecular weight excluding hydrogens is 505 g/mol. The van der Waals surface area contributed by atoms with E-state index < -0.39 is 0 Å². The third-order valence-corrected chi connectivity index (χ3v) is 4.88. The summed E-state index contributed by atoms with van der Waals surface area (Å²) in [5.41, 5.74) is 2.13. The number of benzene rings is 1. The Kier molecular flexibility index (Phi) is 13.2. The van der Waals surface area contributed by atoms with Crippen molar-refractivity contribution in [1.82, 2.24) is 20.7 Å². The van der Waals surface area contributed by atoms with E-state index in [1.165, 1.54) is 0 Å². The molecule has 2 aromatic rings. The molecule has 2 N–H and O–H groups in total.